The summed E-state index contributed by atoms with van der Waals surface area (Å²) < 4.78 is 29.6. The van der Waals surface area contributed by atoms with Gasteiger partial charge in [0, 0.05) is 5.02 Å². The molecule has 0 bridgehead atoms. The van der Waals surface area contributed by atoms with Gasteiger partial charge in [0.05, 0.1) is 11.6 Å². The van der Waals surface area contributed by atoms with Gasteiger partial charge in [0.1, 0.15) is 4.90 Å². The maximum atomic E-state index is 11.7. The second-order valence-electron chi connectivity index (χ2n) is 2.90. The van der Waals surface area contributed by atoms with Crippen molar-refractivity contribution in [1.82, 2.24) is 4.72 Å². The van der Waals surface area contributed by atoms with Gasteiger partial charge >= 0.3 is 6.09 Å². The van der Waals surface area contributed by atoms with Crippen molar-refractivity contribution in [3.8, 4) is 0 Å². The first-order valence-corrected chi connectivity index (χ1v) is 6.75. The van der Waals surface area contributed by atoms with Crippen LogP contribution in [-0.2, 0) is 14.8 Å². The lowest BCUT2D eigenvalue weighted by Crippen LogP contribution is -2.31. The Morgan fingerprint density at radius 2 is 2.06 bits per heavy atom. The Morgan fingerprint density at radius 1 is 1.41 bits per heavy atom. The molecule has 1 N–H and O–H groups in total. The largest absolute Gasteiger partial charge is 0.449 e. The number of rotatable bonds is 3. The van der Waals surface area contributed by atoms with E-state index in [4.69, 9.17) is 23.2 Å². The van der Waals surface area contributed by atoms with E-state index in [0.717, 1.165) is 6.07 Å². The van der Waals surface area contributed by atoms with Gasteiger partial charge < -0.3 is 4.74 Å². The van der Waals surface area contributed by atoms with Crippen LogP contribution in [0.25, 0.3) is 0 Å². The highest BCUT2D eigenvalue weighted by Gasteiger charge is 2.21. The van der Waals surface area contributed by atoms with Crippen molar-refractivity contribution < 1.29 is 17.9 Å². The third-order valence-corrected chi connectivity index (χ3v) is 3.70. The molecule has 0 aromatic heterocycles. The fourth-order valence-electron chi connectivity index (χ4n) is 1.01. The monoisotopic (exact) mass is 297 g/mol. The molecule has 0 unspecified atom stereocenters. The Labute approximate surface area is 109 Å². The predicted octanol–water partition coefficient (Wildman–Crippen LogP) is 2.43. The molecule has 94 valence electrons. The van der Waals surface area contributed by atoms with E-state index in [1.807, 2.05) is 0 Å². The standard InChI is InChI=1S/C9H9Cl2NO4S/c1-2-16-9(13)12-17(14,15)8-5-6(10)3-4-7(8)11/h3-5H,2H2,1H3,(H,12,13). The van der Waals surface area contributed by atoms with Crippen LogP contribution in [0.15, 0.2) is 23.1 Å². The smallest absolute Gasteiger partial charge is 0.421 e. The zero-order valence-corrected chi connectivity index (χ0v) is 11.1. The van der Waals surface area contributed by atoms with Gasteiger partial charge in [-0.05, 0) is 25.1 Å². The number of halogens is 2. The van der Waals surface area contributed by atoms with Gasteiger partial charge in [-0.1, -0.05) is 23.2 Å². The van der Waals surface area contributed by atoms with E-state index < -0.39 is 16.1 Å². The molecule has 8 heteroatoms. The Bertz CT molecular complexity index is 530. The SMILES string of the molecule is CCOC(=O)NS(=O)(=O)c1cc(Cl)ccc1Cl. The fourth-order valence-corrected chi connectivity index (χ4v) is 2.66. The molecule has 1 aromatic rings. The van der Waals surface area contributed by atoms with Gasteiger partial charge in [-0.25, -0.2) is 17.9 Å². The number of nitrogens with one attached hydrogen (secondary N) is 1. The van der Waals surface area contributed by atoms with Crippen LogP contribution in [0.2, 0.25) is 10.0 Å². The molecule has 1 amide bonds. The topological polar surface area (TPSA) is 72.5 Å². The van der Waals surface area contributed by atoms with Crippen molar-refractivity contribution in [3.63, 3.8) is 0 Å². The van der Waals surface area contributed by atoms with E-state index in [1.54, 1.807) is 11.6 Å². The number of carbonyl (C=O) groups excluding carboxylic acids is 1. The van der Waals surface area contributed by atoms with Gasteiger partial charge in [0.25, 0.3) is 10.0 Å². The molecular formula is C9H9Cl2NO4S. The summed E-state index contributed by atoms with van der Waals surface area (Å²) in [6.07, 6.45) is -1.07. The average Bonchev–Trinajstić information content (AvgIpc) is 2.21. The first-order chi connectivity index (χ1) is 7.86. The summed E-state index contributed by atoms with van der Waals surface area (Å²) in [5.41, 5.74) is 0. The third kappa shape index (κ3) is 3.76. The van der Waals surface area contributed by atoms with Gasteiger partial charge in [-0.3, -0.25) is 0 Å². The Balaban J connectivity index is 3.05. The number of ether oxygens (including phenoxy) is 1. The minimum absolute atomic E-state index is 0.0359. The average molecular weight is 298 g/mol. The van der Waals surface area contributed by atoms with Crippen molar-refractivity contribution >= 4 is 39.3 Å². The second-order valence-corrected chi connectivity index (χ2v) is 5.40. The van der Waals surface area contributed by atoms with Crippen LogP contribution in [-0.4, -0.2) is 21.1 Å². The quantitative estimate of drug-likeness (QED) is 0.930. The first kappa shape index (κ1) is 14.1. The van der Waals surface area contributed by atoms with E-state index in [9.17, 15) is 13.2 Å². The Morgan fingerprint density at radius 3 is 2.65 bits per heavy atom. The van der Waals surface area contributed by atoms with Gasteiger partial charge in [-0.15, -0.1) is 0 Å². The van der Waals surface area contributed by atoms with Crippen LogP contribution in [0.1, 0.15) is 6.92 Å². The number of sulfonamides is 1. The van der Waals surface area contributed by atoms with Crippen LogP contribution in [0.5, 0.6) is 0 Å². The molecule has 0 fully saturated rings. The van der Waals surface area contributed by atoms with Crippen LogP contribution >= 0.6 is 23.2 Å². The highest BCUT2D eigenvalue weighted by Crippen LogP contribution is 2.24. The minimum Gasteiger partial charge on any atom is -0.449 e. The summed E-state index contributed by atoms with van der Waals surface area (Å²) in [4.78, 5) is 10.8. The lowest BCUT2D eigenvalue weighted by molar-refractivity contribution is 0.158. The highest BCUT2D eigenvalue weighted by molar-refractivity contribution is 7.90. The van der Waals surface area contributed by atoms with Crippen molar-refractivity contribution in [1.29, 1.82) is 0 Å². The number of hydrogen-bond acceptors (Lipinski definition) is 4. The maximum absolute atomic E-state index is 11.7. The van der Waals surface area contributed by atoms with Crippen LogP contribution in [0, 0.1) is 0 Å². The molecule has 1 rings (SSSR count). The molecule has 0 aliphatic carbocycles. The minimum atomic E-state index is -4.08. The highest BCUT2D eigenvalue weighted by atomic mass is 35.5. The Hall–Kier alpha value is -0.980. The number of hydrogen-bond donors (Lipinski definition) is 1. The summed E-state index contributed by atoms with van der Waals surface area (Å²) in [5, 5.41) is 0.157. The number of carbonyl (C=O) groups is 1. The lowest BCUT2D eigenvalue weighted by Gasteiger charge is -2.08. The molecular weight excluding hydrogens is 289 g/mol. The predicted molar refractivity (Wildman–Crippen MR) is 63.8 cm³/mol. The Kier molecular flexibility index (Phi) is 4.62. The number of benzene rings is 1. The van der Waals surface area contributed by atoms with Crippen molar-refractivity contribution in [2.75, 3.05) is 6.61 Å². The molecule has 5 nitrogen and oxygen atoms in total. The zero-order chi connectivity index (χ0) is 13.1. The molecule has 0 heterocycles. The normalized spacial score (nSPS) is 11.0. The molecule has 0 radical (unpaired) electrons. The van der Waals surface area contributed by atoms with Gasteiger partial charge in [0.15, 0.2) is 0 Å². The molecule has 0 atom stereocenters. The van der Waals surface area contributed by atoms with E-state index in [1.165, 1.54) is 12.1 Å². The summed E-state index contributed by atoms with van der Waals surface area (Å²) in [6.45, 7) is 1.61. The molecule has 0 spiro atoms. The summed E-state index contributed by atoms with van der Waals surface area (Å²) >= 11 is 11.4. The molecule has 1 aromatic carbocycles. The summed E-state index contributed by atoms with van der Waals surface area (Å²) in [6, 6.07) is 3.91. The third-order valence-electron chi connectivity index (χ3n) is 1.68. The fraction of sp³-hybridized carbons (Fsp3) is 0.222. The molecule has 0 aliphatic heterocycles. The number of amides is 1. The second kappa shape index (κ2) is 5.57. The van der Waals surface area contributed by atoms with E-state index in [-0.39, 0.29) is 21.5 Å². The van der Waals surface area contributed by atoms with Gasteiger partial charge in [0.2, 0.25) is 0 Å². The van der Waals surface area contributed by atoms with Gasteiger partial charge in [-0.2, -0.15) is 0 Å². The summed E-state index contributed by atoms with van der Waals surface area (Å²) in [7, 11) is -4.08. The van der Waals surface area contributed by atoms with Crippen molar-refractivity contribution in [3.05, 3.63) is 28.2 Å². The van der Waals surface area contributed by atoms with Crippen molar-refractivity contribution in [2.24, 2.45) is 0 Å². The lowest BCUT2D eigenvalue weighted by atomic mass is 10.4. The zero-order valence-electron chi connectivity index (χ0n) is 8.74. The van der Waals surface area contributed by atoms with E-state index in [0.29, 0.717) is 0 Å². The molecule has 0 saturated carbocycles. The van der Waals surface area contributed by atoms with E-state index >= 15 is 0 Å². The first-order valence-electron chi connectivity index (χ1n) is 4.51. The van der Waals surface area contributed by atoms with Crippen LogP contribution in [0.3, 0.4) is 0 Å². The van der Waals surface area contributed by atoms with E-state index in [2.05, 4.69) is 4.74 Å². The maximum Gasteiger partial charge on any atom is 0.421 e. The molecule has 0 aliphatic rings. The molecule has 0 saturated heterocycles. The molecule has 17 heavy (non-hydrogen) atoms. The summed E-state index contributed by atoms with van der Waals surface area (Å²) in [5.74, 6) is 0. The van der Waals surface area contributed by atoms with Crippen LogP contribution < -0.4 is 4.72 Å². The van der Waals surface area contributed by atoms with Crippen molar-refractivity contribution in [2.45, 2.75) is 11.8 Å². The van der Waals surface area contributed by atoms with Crippen LogP contribution in [0.4, 0.5) is 4.79 Å².